The fourth-order valence-electron chi connectivity index (χ4n) is 4.69. The maximum atomic E-state index is 6.53. The van der Waals surface area contributed by atoms with Gasteiger partial charge in [-0.3, -0.25) is 0 Å². The second kappa shape index (κ2) is 8.51. The lowest BCUT2D eigenvalue weighted by Gasteiger charge is -2.39. The zero-order valence-electron chi connectivity index (χ0n) is 17.2. The molecule has 29 heavy (non-hydrogen) atoms. The molecule has 0 radical (unpaired) electrons. The highest BCUT2D eigenvalue weighted by molar-refractivity contribution is 6.31. The van der Waals surface area contributed by atoms with Crippen LogP contribution < -0.4 is 9.47 Å². The summed E-state index contributed by atoms with van der Waals surface area (Å²) in [7, 11) is 3.44. The molecule has 0 heterocycles. The summed E-state index contributed by atoms with van der Waals surface area (Å²) in [5, 5.41) is 0.843. The lowest BCUT2D eigenvalue weighted by Crippen LogP contribution is -2.28. The van der Waals surface area contributed by atoms with Crippen molar-refractivity contribution < 1.29 is 9.47 Å². The van der Waals surface area contributed by atoms with Crippen LogP contribution in [0.4, 0.5) is 0 Å². The van der Waals surface area contributed by atoms with Crippen LogP contribution in [-0.2, 0) is 12.8 Å². The Morgan fingerprint density at radius 2 is 1.59 bits per heavy atom. The zero-order valence-corrected chi connectivity index (χ0v) is 17.9. The van der Waals surface area contributed by atoms with Gasteiger partial charge >= 0.3 is 0 Å². The van der Waals surface area contributed by atoms with Gasteiger partial charge in [0.05, 0.1) is 14.2 Å². The molecule has 0 saturated heterocycles. The van der Waals surface area contributed by atoms with Gasteiger partial charge < -0.3 is 9.47 Å². The molecule has 3 atom stereocenters. The molecule has 0 bridgehead atoms. The van der Waals surface area contributed by atoms with Gasteiger partial charge in [-0.2, -0.15) is 0 Å². The van der Waals surface area contributed by atoms with E-state index in [0.29, 0.717) is 17.8 Å². The summed E-state index contributed by atoms with van der Waals surface area (Å²) < 4.78 is 10.9. The number of hydrogen-bond donors (Lipinski definition) is 0. The summed E-state index contributed by atoms with van der Waals surface area (Å²) in [6.07, 6.45) is 1.96. The smallest absolute Gasteiger partial charge is 0.119 e. The Morgan fingerprint density at radius 1 is 0.897 bits per heavy atom. The van der Waals surface area contributed by atoms with E-state index in [9.17, 15) is 0 Å². The first-order chi connectivity index (χ1) is 14.1. The highest BCUT2D eigenvalue weighted by atomic mass is 35.5. The van der Waals surface area contributed by atoms with Crippen LogP contribution in [0.1, 0.15) is 41.0 Å². The van der Waals surface area contributed by atoms with Crippen LogP contribution in [0.25, 0.3) is 0 Å². The maximum absolute atomic E-state index is 6.53. The minimum absolute atomic E-state index is 0.376. The summed E-state index contributed by atoms with van der Waals surface area (Å²) in [5.74, 6) is 3.12. The van der Waals surface area contributed by atoms with E-state index in [2.05, 4.69) is 61.5 Å². The van der Waals surface area contributed by atoms with Crippen molar-refractivity contribution in [1.82, 2.24) is 0 Å². The second-order valence-electron chi connectivity index (χ2n) is 7.91. The summed E-state index contributed by atoms with van der Waals surface area (Å²) >= 11 is 6.53. The fourth-order valence-corrected chi connectivity index (χ4v) is 4.90. The van der Waals surface area contributed by atoms with Crippen LogP contribution in [0.5, 0.6) is 11.5 Å². The van der Waals surface area contributed by atoms with Gasteiger partial charge in [0.2, 0.25) is 0 Å². The van der Waals surface area contributed by atoms with Crippen LogP contribution >= 0.6 is 11.6 Å². The quantitative estimate of drug-likeness (QED) is 0.471. The van der Waals surface area contributed by atoms with Gasteiger partial charge in [-0.05, 0) is 83.2 Å². The molecule has 4 rings (SSSR count). The summed E-state index contributed by atoms with van der Waals surface area (Å²) in [6.45, 7) is 2.37. The summed E-state index contributed by atoms with van der Waals surface area (Å²) in [6, 6.07) is 23.3. The van der Waals surface area contributed by atoms with Crippen molar-refractivity contribution >= 4 is 11.6 Å². The first kappa shape index (κ1) is 19.8. The average Bonchev–Trinajstić information content (AvgIpc) is 2.76. The predicted molar refractivity (Wildman–Crippen MR) is 119 cm³/mol. The van der Waals surface area contributed by atoms with Crippen LogP contribution in [0.15, 0.2) is 66.7 Å². The van der Waals surface area contributed by atoms with E-state index < -0.39 is 0 Å². The first-order valence-corrected chi connectivity index (χ1v) is 10.5. The number of methoxy groups -OCH3 is 2. The highest BCUT2D eigenvalue weighted by Gasteiger charge is 2.35. The normalized spacial score (nSPS) is 20.8. The van der Waals surface area contributed by atoms with E-state index in [1.807, 2.05) is 12.1 Å². The second-order valence-corrected chi connectivity index (χ2v) is 8.32. The van der Waals surface area contributed by atoms with Crippen molar-refractivity contribution in [3.63, 3.8) is 0 Å². The Hall–Kier alpha value is -2.45. The molecule has 0 saturated carbocycles. The van der Waals surface area contributed by atoms with Gasteiger partial charge in [-0.25, -0.2) is 0 Å². The van der Waals surface area contributed by atoms with Crippen LogP contribution in [0.3, 0.4) is 0 Å². The summed E-state index contributed by atoms with van der Waals surface area (Å²) in [5.41, 5.74) is 5.36. The van der Waals surface area contributed by atoms with Crippen LogP contribution in [-0.4, -0.2) is 14.2 Å². The number of ether oxygens (including phenoxy) is 2. The third-order valence-electron chi connectivity index (χ3n) is 6.40. The molecule has 3 unspecified atom stereocenters. The number of rotatable bonds is 5. The molecule has 3 heteroatoms. The Bertz CT molecular complexity index is 980. The average molecular weight is 407 g/mol. The molecule has 0 fully saturated rings. The van der Waals surface area contributed by atoms with E-state index in [1.165, 1.54) is 22.3 Å². The van der Waals surface area contributed by atoms with Gasteiger partial charge in [-0.1, -0.05) is 54.9 Å². The van der Waals surface area contributed by atoms with Crippen LogP contribution in [0.2, 0.25) is 5.02 Å². The Morgan fingerprint density at radius 3 is 2.28 bits per heavy atom. The van der Waals surface area contributed by atoms with E-state index in [0.717, 1.165) is 29.4 Å². The molecule has 150 valence electrons. The van der Waals surface area contributed by atoms with E-state index in [4.69, 9.17) is 21.1 Å². The van der Waals surface area contributed by atoms with E-state index >= 15 is 0 Å². The van der Waals surface area contributed by atoms with Gasteiger partial charge in [-0.15, -0.1) is 0 Å². The minimum atomic E-state index is 0.376. The van der Waals surface area contributed by atoms with Gasteiger partial charge in [0.25, 0.3) is 0 Å². The molecule has 3 aromatic carbocycles. The standard InChI is InChI=1S/C26H27ClO2/c1-17-23(18-8-11-21(28-2)12-9-18)14-19-10-13-22(29-3)16-25(19)24(17)15-20-6-4-5-7-26(20)27/h4-13,16-17,23-24H,14-15H2,1-3H3. The number of hydrogen-bond acceptors (Lipinski definition) is 2. The third-order valence-corrected chi connectivity index (χ3v) is 6.77. The molecule has 0 N–H and O–H groups in total. The SMILES string of the molecule is COc1ccc(C2Cc3ccc(OC)cc3C(Cc3ccccc3Cl)C2C)cc1. The minimum Gasteiger partial charge on any atom is -0.497 e. The van der Waals surface area contributed by atoms with Gasteiger partial charge in [0.15, 0.2) is 0 Å². The van der Waals surface area contributed by atoms with E-state index in [1.54, 1.807) is 14.2 Å². The molecule has 3 aromatic rings. The lowest BCUT2D eigenvalue weighted by atomic mass is 9.66. The Kier molecular flexibility index (Phi) is 5.82. The first-order valence-electron chi connectivity index (χ1n) is 10.1. The molecule has 0 aromatic heterocycles. The predicted octanol–water partition coefficient (Wildman–Crippen LogP) is 6.66. The van der Waals surface area contributed by atoms with Gasteiger partial charge in [0.1, 0.15) is 11.5 Å². The molecule has 1 aliphatic rings. The number of halogens is 1. The summed E-state index contributed by atoms with van der Waals surface area (Å²) in [4.78, 5) is 0. The van der Waals surface area contributed by atoms with Crippen molar-refractivity contribution in [2.75, 3.05) is 14.2 Å². The topological polar surface area (TPSA) is 18.5 Å². The van der Waals surface area contributed by atoms with Crippen molar-refractivity contribution in [2.45, 2.75) is 31.6 Å². The molecule has 0 spiro atoms. The Balaban J connectivity index is 1.75. The third kappa shape index (κ3) is 4.00. The van der Waals surface area contributed by atoms with Gasteiger partial charge in [0, 0.05) is 5.02 Å². The molecular weight excluding hydrogens is 380 g/mol. The highest BCUT2D eigenvalue weighted by Crippen LogP contribution is 2.47. The van der Waals surface area contributed by atoms with Crippen molar-refractivity contribution in [3.8, 4) is 11.5 Å². The number of fused-ring (bicyclic) bond motifs is 1. The van der Waals surface area contributed by atoms with Crippen molar-refractivity contribution in [3.05, 3.63) is 94.0 Å². The fraction of sp³-hybridized carbons (Fsp3) is 0.308. The van der Waals surface area contributed by atoms with Crippen molar-refractivity contribution in [2.24, 2.45) is 5.92 Å². The maximum Gasteiger partial charge on any atom is 0.119 e. The van der Waals surface area contributed by atoms with Crippen molar-refractivity contribution in [1.29, 1.82) is 0 Å². The monoisotopic (exact) mass is 406 g/mol. The van der Waals surface area contributed by atoms with Crippen LogP contribution in [0, 0.1) is 5.92 Å². The largest absolute Gasteiger partial charge is 0.497 e. The molecular formula is C26H27ClO2. The molecule has 0 amide bonds. The zero-order chi connectivity index (χ0) is 20.4. The molecule has 1 aliphatic carbocycles. The Labute approximate surface area is 178 Å². The molecule has 2 nitrogen and oxygen atoms in total. The lowest BCUT2D eigenvalue weighted by molar-refractivity contribution is 0.345. The number of benzene rings is 3. The molecule has 0 aliphatic heterocycles. The van der Waals surface area contributed by atoms with E-state index in [-0.39, 0.29) is 0 Å².